The Morgan fingerprint density at radius 2 is 1.47 bits per heavy atom. The number of esters is 1. The van der Waals surface area contributed by atoms with E-state index in [9.17, 15) is 24.3 Å². The van der Waals surface area contributed by atoms with E-state index in [-0.39, 0.29) is 44.9 Å². The van der Waals surface area contributed by atoms with Gasteiger partial charge in [-0.25, -0.2) is 9.59 Å². The first kappa shape index (κ1) is 42.9. The second-order valence-corrected chi connectivity index (χ2v) is 14.4. The fourth-order valence-corrected chi connectivity index (χ4v) is 6.93. The highest BCUT2D eigenvalue weighted by Crippen LogP contribution is 2.44. The first-order valence-electron chi connectivity index (χ1n) is 19.7. The molecule has 0 heterocycles. The Bertz CT molecular complexity index is 1960. The number of carbonyl (C=O) groups excluding carboxylic acids is 4. The van der Waals surface area contributed by atoms with E-state index in [1.165, 1.54) is 0 Å². The maximum absolute atomic E-state index is 13.2. The van der Waals surface area contributed by atoms with Crippen LogP contribution in [0.4, 0.5) is 4.79 Å². The summed E-state index contributed by atoms with van der Waals surface area (Å²) in [5.74, 6) is -1.66. The van der Waals surface area contributed by atoms with Crippen molar-refractivity contribution >= 4 is 23.9 Å². The Kier molecular flexibility index (Phi) is 16.2. The minimum Gasteiger partial charge on any atom is -0.489 e. The fourth-order valence-electron chi connectivity index (χ4n) is 6.93. The molecule has 4 atom stereocenters. The smallest absolute Gasteiger partial charge is 0.407 e. The summed E-state index contributed by atoms with van der Waals surface area (Å²) < 4.78 is 17.1. The molecule has 0 aromatic heterocycles. The number of benzene rings is 4. The van der Waals surface area contributed by atoms with Crippen molar-refractivity contribution in [2.24, 2.45) is 5.92 Å². The van der Waals surface area contributed by atoms with Gasteiger partial charge in [0.2, 0.25) is 11.8 Å². The lowest BCUT2D eigenvalue weighted by molar-refractivity contribution is -0.151. The number of aliphatic hydroxyl groups is 1. The van der Waals surface area contributed by atoms with Crippen LogP contribution in [-0.4, -0.2) is 66.9 Å². The van der Waals surface area contributed by atoms with Crippen LogP contribution in [0.25, 0.3) is 11.1 Å². The molecule has 5 rings (SSSR count). The van der Waals surface area contributed by atoms with Gasteiger partial charge in [-0.05, 0) is 78.1 Å². The van der Waals surface area contributed by atoms with Crippen LogP contribution in [-0.2, 0) is 36.9 Å². The molecule has 0 aliphatic heterocycles. The molecular weight excluding hydrogens is 735 g/mol. The molecule has 58 heavy (non-hydrogen) atoms. The van der Waals surface area contributed by atoms with Gasteiger partial charge in [0.15, 0.2) is 0 Å². The standard InChI is InChI=1S/C47H53N3O8/c1-4-6-21-43(50-47(55)57-31-42-40-19-12-10-17-38(40)39-18-11-13-20-41(39)42)46(54)58-32(3)28-48-45(53)35(14-5-2)27-44(52)49-36(29-51)26-33-22-24-37(25-23-33)56-30-34-15-8-7-9-16-34/h4-5,7-13,15-20,22-25,32,35-36,42-43,51H,1-2,6,14,21,26-31H2,3H3,(H,48,53)(H,49,52)(H,50,55)/t32-,35+,36-,43-/m0/s1. The molecule has 3 amide bonds. The minimum atomic E-state index is -1.01. The molecule has 0 bridgehead atoms. The molecule has 4 N–H and O–H groups in total. The van der Waals surface area contributed by atoms with Crippen molar-refractivity contribution in [1.82, 2.24) is 16.0 Å². The summed E-state index contributed by atoms with van der Waals surface area (Å²) in [7, 11) is 0. The zero-order valence-corrected chi connectivity index (χ0v) is 32.9. The number of amides is 3. The van der Waals surface area contributed by atoms with Gasteiger partial charge in [0.25, 0.3) is 0 Å². The Labute approximate surface area is 340 Å². The quantitative estimate of drug-likeness (QED) is 0.0502. The third-order valence-electron chi connectivity index (χ3n) is 9.95. The average Bonchev–Trinajstić information content (AvgIpc) is 3.56. The van der Waals surface area contributed by atoms with Crippen molar-refractivity contribution in [1.29, 1.82) is 0 Å². The lowest BCUT2D eigenvalue weighted by Gasteiger charge is -2.22. The van der Waals surface area contributed by atoms with Gasteiger partial charge >= 0.3 is 12.1 Å². The largest absolute Gasteiger partial charge is 0.489 e. The third kappa shape index (κ3) is 12.4. The molecular formula is C47H53N3O8. The average molecular weight is 788 g/mol. The van der Waals surface area contributed by atoms with Crippen LogP contribution in [0.5, 0.6) is 5.75 Å². The van der Waals surface area contributed by atoms with Crippen LogP contribution in [0.1, 0.15) is 60.8 Å². The lowest BCUT2D eigenvalue weighted by atomic mass is 9.98. The van der Waals surface area contributed by atoms with E-state index in [1.54, 1.807) is 19.1 Å². The van der Waals surface area contributed by atoms with Crippen LogP contribution in [0.3, 0.4) is 0 Å². The van der Waals surface area contributed by atoms with Crippen molar-refractivity contribution in [3.63, 3.8) is 0 Å². The predicted octanol–water partition coefficient (Wildman–Crippen LogP) is 6.79. The molecule has 4 aromatic rings. The van der Waals surface area contributed by atoms with E-state index < -0.39 is 48.0 Å². The summed E-state index contributed by atoms with van der Waals surface area (Å²) in [4.78, 5) is 52.5. The van der Waals surface area contributed by atoms with E-state index in [0.29, 0.717) is 25.2 Å². The number of fused-ring (bicyclic) bond motifs is 3. The predicted molar refractivity (Wildman–Crippen MR) is 223 cm³/mol. The molecule has 0 saturated carbocycles. The van der Waals surface area contributed by atoms with Crippen LogP contribution >= 0.6 is 0 Å². The maximum Gasteiger partial charge on any atom is 0.407 e. The summed E-state index contributed by atoms with van der Waals surface area (Å²) in [5.41, 5.74) is 6.31. The van der Waals surface area contributed by atoms with E-state index in [1.807, 2.05) is 91.0 Å². The zero-order valence-electron chi connectivity index (χ0n) is 32.9. The van der Waals surface area contributed by atoms with Crippen molar-refractivity contribution in [2.75, 3.05) is 19.8 Å². The maximum atomic E-state index is 13.2. The second kappa shape index (κ2) is 21.9. The van der Waals surface area contributed by atoms with Gasteiger partial charge in [0.05, 0.1) is 25.1 Å². The molecule has 11 nitrogen and oxygen atoms in total. The molecule has 0 radical (unpaired) electrons. The molecule has 304 valence electrons. The van der Waals surface area contributed by atoms with Crippen LogP contribution in [0, 0.1) is 5.92 Å². The van der Waals surface area contributed by atoms with Crippen molar-refractivity contribution in [3.8, 4) is 16.9 Å². The Hall–Kier alpha value is -6.20. The molecule has 11 heteroatoms. The van der Waals surface area contributed by atoms with E-state index in [2.05, 4.69) is 41.2 Å². The van der Waals surface area contributed by atoms with Crippen LogP contribution in [0.15, 0.2) is 128 Å². The van der Waals surface area contributed by atoms with E-state index in [0.717, 1.165) is 33.4 Å². The molecule has 1 aliphatic carbocycles. The van der Waals surface area contributed by atoms with Crippen molar-refractivity contribution in [2.45, 2.75) is 69.7 Å². The Morgan fingerprint density at radius 3 is 2.10 bits per heavy atom. The Balaban J connectivity index is 1.06. The molecule has 0 fully saturated rings. The molecule has 0 unspecified atom stereocenters. The highest BCUT2D eigenvalue weighted by atomic mass is 16.6. The molecule has 4 aromatic carbocycles. The SMILES string of the molecule is C=CCC[C@H](NC(=O)OCC1c2ccccc2-c2ccccc21)C(=O)O[C@@H](C)CNC(=O)[C@H](CC=C)CC(=O)N[C@H](CO)Cc1ccc(OCc2ccccc2)cc1. The topological polar surface area (TPSA) is 152 Å². The lowest BCUT2D eigenvalue weighted by Crippen LogP contribution is -2.45. The van der Waals surface area contributed by atoms with Crippen molar-refractivity contribution in [3.05, 3.63) is 151 Å². The number of nitrogens with one attached hydrogen (secondary N) is 3. The second-order valence-electron chi connectivity index (χ2n) is 14.4. The Morgan fingerprint density at radius 1 is 0.810 bits per heavy atom. The van der Waals surface area contributed by atoms with E-state index in [4.69, 9.17) is 14.2 Å². The summed E-state index contributed by atoms with van der Waals surface area (Å²) in [6, 6.07) is 31.8. The number of allylic oxidation sites excluding steroid dienone is 2. The van der Waals surface area contributed by atoms with Gasteiger partial charge in [0, 0.05) is 12.3 Å². The van der Waals surface area contributed by atoms with Gasteiger partial charge < -0.3 is 35.3 Å². The molecule has 0 spiro atoms. The highest BCUT2D eigenvalue weighted by molar-refractivity contribution is 5.86. The number of hydrogen-bond acceptors (Lipinski definition) is 8. The summed E-state index contributed by atoms with van der Waals surface area (Å²) >= 11 is 0. The fraction of sp³-hybridized carbons (Fsp3) is 0.319. The summed E-state index contributed by atoms with van der Waals surface area (Å²) in [6.07, 6.45) is 2.86. The molecule has 0 saturated heterocycles. The number of aliphatic hydroxyl groups excluding tert-OH is 1. The van der Waals surface area contributed by atoms with E-state index >= 15 is 0 Å². The first-order valence-corrected chi connectivity index (χ1v) is 19.7. The minimum absolute atomic E-state index is 0.0245. The number of hydrogen-bond donors (Lipinski definition) is 4. The van der Waals surface area contributed by atoms with Crippen LogP contribution < -0.4 is 20.7 Å². The zero-order chi connectivity index (χ0) is 41.3. The summed E-state index contributed by atoms with van der Waals surface area (Å²) in [5, 5.41) is 18.3. The third-order valence-corrected chi connectivity index (χ3v) is 9.95. The monoisotopic (exact) mass is 787 g/mol. The highest BCUT2D eigenvalue weighted by Gasteiger charge is 2.31. The summed E-state index contributed by atoms with van der Waals surface area (Å²) in [6.45, 7) is 9.31. The van der Waals surface area contributed by atoms with Gasteiger partial charge in [-0.2, -0.15) is 0 Å². The van der Waals surface area contributed by atoms with Gasteiger partial charge in [-0.3, -0.25) is 9.59 Å². The number of rotatable bonds is 22. The molecule has 1 aliphatic rings. The first-order chi connectivity index (χ1) is 28.2. The van der Waals surface area contributed by atoms with Crippen LogP contribution in [0.2, 0.25) is 0 Å². The van der Waals surface area contributed by atoms with Crippen molar-refractivity contribution < 1.29 is 38.5 Å². The number of ether oxygens (including phenoxy) is 3. The van der Waals surface area contributed by atoms with Gasteiger partial charge in [-0.1, -0.05) is 103 Å². The normalized spacial score (nSPS) is 13.7. The number of carbonyl (C=O) groups is 4. The van der Waals surface area contributed by atoms with Gasteiger partial charge in [-0.15, -0.1) is 13.2 Å². The van der Waals surface area contributed by atoms with Gasteiger partial charge in [0.1, 0.15) is 31.1 Å². The number of alkyl carbamates (subject to hydrolysis) is 1.